The minimum Gasteiger partial charge on any atom is -0.309 e. The second-order valence-electron chi connectivity index (χ2n) is 5.59. The molecule has 3 atom stereocenters. The molecular weight excluding hydrogens is 254 g/mol. The van der Waals surface area contributed by atoms with Crippen molar-refractivity contribution in [3.63, 3.8) is 0 Å². The van der Waals surface area contributed by atoms with E-state index in [-0.39, 0.29) is 16.5 Å². The van der Waals surface area contributed by atoms with Crippen LogP contribution in [0.25, 0.3) is 0 Å². The van der Waals surface area contributed by atoms with Crippen LogP contribution in [0.5, 0.6) is 0 Å². The monoisotopic (exact) mass is 279 g/mol. The Kier molecular flexibility index (Phi) is 5.17. The van der Waals surface area contributed by atoms with E-state index in [2.05, 4.69) is 50.4 Å². The number of fused-ring (bicyclic) bond motifs is 1. The fourth-order valence-electron chi connectivity index (χ4n) is 2.87. The van der Waals surface area contributed by atoms with Gasteiger partial charge in [0.15, 0.2) is 0 Å². The molecule has 0 amide bonds. The first-order valence-corrected chi connectivity index (χ1v) is 8.63. The molecule has 0 bridgehead atoms. The zero-order chi connectivity index (χ0) is 13.8. The van der Waals surface area contributed by atoms with Gasteiger partial charge in [0, 0.05) is 22.1 Å². The van der Waals surface area contributed by atoms with Gasteiger partial charge in [-0.2, -0.15) is 0 Å². The molecule has 0 saturated heterocycles. The maximum absolute atomic E-state index is 12.6. The van der Waals surface area contributed by atoms with Gasteiger partial charge in [0.2, 0.25) is 0 Å². The highest BCUT2D eigenvalue weighted by Crippen LogP contribution is 2.33. The molecule has 0 fully saturated rings. The van der Waals surface area contributed by atoms with E-state index in [0.717, 1.165) is 25.8 Å². The molecule has 106 valence electrons. The fraction of sp³-hybridized carbons (Fsp3) is 0.625. The summed E-state index contributed by atoms with van der Waals surface area (Å²) < 4.78 is 12.6. The van der Waals surface area contributed by atoms with Crippen LogP contribution in [-0.4, -0.2) is 21.3 Å². The molecule has 0 saturated carbocycles. The Bertz CT molecular complexity index is 444. The Hall–Kier alpha value is -0.670. The minimum absolute atomic E-state index is 0.237. The van der Waals surface area contributed by atoms with Gasteiger partial charge in [-0.25, -0.2) is 0 Å². The second kappa shape index (κ2) is 6.67. The van der Waals surface area contributed by atoms with Crippen molar-refractivity contribution >= 4 is 10.8 Å². The SMILES string of the molecule is CCCNC1c2ccccc2CCC1S(=O)C(C)C. The third-order valence-corrected chi connectivity index (χ3v) is 5.87. The average molecular weight is 279 g/mol. The smallest absolute Gasteiger partial charge is 0.0548 e. The molecule has 0 aromatic heterocycles. The topological polar surface area (TPSA) is 29.1 Å². The van der Waals surface area contributed by atoms with Crippen LogP contribution in [0.4, 0.5) is 0 Å². The first-order chi connectivity index (χ1) is 9.15. The zero-order valence-corrected chi connectivity index (χ0v) is 13.0. The molecule has 0 spiro atoms. The third kappa shape index (κ3) is 3.26. The molecule has 3 heteroatoms. The van der Waals surface area contributed by atoms with E-state index >= 15 is 0 Å². The largest absolute Gasteiger partial charge is 0.309 e. The van der Waals surface area contributed by atoms with Crippen LogP contribution in [0.2, 0.25) is 0 Å². The lowest BCUT2D eigenvalue weighted by Gasteiger charge is -2.34. The van der Waals surface area contributed by atoms with Gasteiger partial charge < -0.3 is 5.32 Å². The normalized spacial score (nSPS) is 24.2. The Morgan fingerprint density at radius 2 is 2.11 bits per heavy atom. The maximum atomic E-state index is 12.6. The average Bonchev–Trinajstić information content (AvgIpc) is 2.43. The second-order valence-corrected chi connectivity index (χ2v) is 7.79. The number of hydrogen-bond acceptors (Lipinski definition) is 2. The first kappa shape index (κ1) is 14.7. The van der Waals surface area contributed by atoms with Gasteiger partial charge in [-0.3, -0.25) is 4.21 Å². The highest BCUT2D eigenvalue weighted by atomic mass is 32.2. The van der Waals surface area contributed by atoms with Crippen molar-refractivity contribution in [3.8, 4) is 0 Å². The third-order valence-electron chi connectivity index (χ3n) is 3.84. The zero-order valence-electron chi connectivity index (χ0n) is 12.2. The summed E-state index contributed by atoms with van der Waals surface area (Å²) in [7, 11) is -0.761. The van der Waals surface area contributed by atoms with Crippen LogP contribution >= 0.6 is 0 Å². The van der Waals surface area contributed by atoms with E-state index < -0.39 is 10.8 Å². The fourth-order valence-corrected chi connectivity index (χ4v) is 4.43. The lowest BCUT2D eigenvalue weighted by molar-refractivity contribution is 0.462. The number of aryl methyl sites for hydroxylation is 1. The van der Waals surface area contributed by atoms with Crippen LogP contribution in [0, 0.1) is 0 Å². The summed E-state index contributed by atoms with van der Waals surface area (Å²) in [5, 5.41) is 4.11. The Balaban J connectivity index is 2.28. The molecule has 3 unspecified atom stereocenters. The van der Waals surface area contributed by atoms with Crippen LogP contribution in [-0.2, 0) is 17.2 Å². The van der Waals surface area contributed by atoms with Crippen molar-refractivity contribution in [3.05, 3.63) is 35.4 Å². The lowest BCUT2D eigenvalue weighted by Crippen LogP contribution is -2.40. The number of benzene rings is 1. The van der Waals surface area contributed by atoms with Crippen molar-refractivity contribution in [1.82, 2.24) is 5.32 Å². The molecule has 0 radical (unpaired) electrons. The molecule has 1 aliphatic rings. The summed E-state index contributed by atoms with van der Waals surface area (Å²) >= 11 is 0. The van der Waals surface area contributed by atoms with Crippen LogP contribution < -0.4 is 5.32 Å². The predicted octanol–water partition coefficient (Wildman–Crippen LogP) is 3.20. The van der Waals surface area contributed by atoms with Crippen molar-refractivity contribution in [2.24, 2.45) is 0 Å². The van der Waals surface area contributed by atoms with Crippen molar-refractivity contribution in [2.75, 3.05) is 6.54 Å². The van der Waals surface area contributed by atoms with E-state index in [1.54, 1.807) is 0 Å². The molecule has 1 aromatic rings. The molecule has 1 aliphatic carbocycles. The van der Waals surface area contributed by atoms with Gasteiger partial charge in [-0.05, 0) is 36.9 Å². The van der Waals surface area contributed by atoms with Gasteiger partial charge in [-0.15, -0.1) is 0 Å². The van der Waals surface area contributed by atoms with E-state index in [0.29, 0.717) is 0 Å². The summed E-state index contributed by atoms with van der Waals surface area (Å²) in [5.41, 5.74) is 2.79. The van der Waals surface area contributed by atoms with Crippen LogP contribution in [0.3, 0.4) is 0 Å². The molecular formula is C16H25NOS. The molecule has 0 heterocycles. The van der Waals surface area contributed by atoms with E-state index in [9.17, 15) is 4.21 Å². The number of rotatable bonds is 5. The van der Waals surface area contributed by atoms with Crippen molar-refractivity contribution in [1.29, 1.82) is 0 Å². The minimum atomic E-state index is -0.761. The van der Waals surface area contributed by atoms with Gasteiger partial charge in [0.25, 0.3) is 0 Å². The van der Waals surface area contributed by atoms with Gasteiger partial charge in [0.05, 0.1) is 5.25 Å². The number of nitrogens with one attached hydrogen (secondary N) is 1. The van der Waals surface area contributed by atoms with E-state index in [4.69, 9.17) is 0 Å². The van der Waals surface area contributed by atoms with Crippen molar-refractivity contribution in [2.45, 2.75) is 56.6 Å². The molecule has 1 aromatic carbocycles. The predicted molar refractivity (Wildman–Crippen MR) is 82.9 cm³/mol. The quantitative estimate of drug-likeness (QED) is 0.897. The summed E-state index contributed by atoms with van der Waals surface area (Å²) in [6.45, 7) is 7.29. The van der Waals surface area contributed by atoms with E-state index in [1.807, 2.05) is 0 Å². The van der Waals surface area contributed by atoms with Crippen LogP contribution in [0.15, 0.2) is 24.3 Å². The molecule has 2 nitrogen and oxygen atoms in total. The summed E-state index contributed by atoms with van der Waals surface area (Å²) in [5.74, 6) is 0. The maximum Gasteiger partial charge on any atom is 0.0548 e. The van der Waals surface area contributed by atoms with Gasteiger partial charge >= 0.3 is 0 Å². The standard InChI is InChI=1S/C16H25NOS/c1-4-11-17-16-14-8-6-5-7-13(14)9-10-15(16)19(18)12(2)3/h5-8,12,15-17H,4,9-11H2,1-3H3. The van der Waals surface area contributed by atoms with Crippen molar-refractivity contribution < 1.29 is 4.21 Å². The highest BCUT2D eigenvalue weighted by molar-refractivity contribution is 7.86. The van der Waals surface area contributed by atoms with E-state index in [1.165, 1.54) is 11.1 Å². The summed E-state index contributed by atoms with van der Waals surface area (Å²) in [4.78, 5) is 0. The molecule has 19 heavy (non-hydrogen) atoms. The van der Waals surface area contributed by atoms with Gasteiger partial charge in [-0.1, -0.05) is 45.0 Å². The Morgan fingerprint density at radius 3 is 2.79 bits per heavy atom. The molecule has 2 rings (SSSR count). The number of hydrogen-bond donors (Lipinski definition) is 1. The Labute approximate surface area is 119 Å². The summed E-state index contributed by atoms with van der Waals surface area (Å²) in [6.07, 6.45) is 3.20. The molecule has 0 aliphatic heterocycles. The van der Waals surface area contributed by atoms with Crippen LogP contribution in [0.1, 0.15) is 50.8 Å². The first-order valence-electron chi connectivity index (χ1n) is 7.35. The highest BCUT2D eigenvalue weighted by Gasteiger charge is 2.33. The summed E-state index contributed by atoms with van der Waals surface area (Å²) in [6, 6.07) is 8.87. The lowest BCUT2D eigenvalue weighted by atomic mass is 9.87. The van der Waals surface area contributed by atoms with Gasteiger partial charge in [0.1, 0.15) is 0 Å². The molecule has 1 N–H and O–H groups in total. The Morgan fingerprint density at radius 1 is 1.37 bits per heavy atom.